The smallest absolute Gasteiger partial charge is 0.404 e. The lowest BCUT2D eigenvalue weighted by molar-refractivity contribution is 0.0383. The zero-order valence-corrected chi connectivity index (χ0v) is 14.0. The second kappa shape index (κ2) is 7.83. The van der Waals surface area contributed by atoms with E-state index in [1.165, 1.54) is 0 Å². The summed E-state index contributed by atoms with van der Waals surface area (Å²) >= 11 is 0. The van der Waals surface area contributed by atoms with E-state index in [0.717, 1.165) is 18.4 Å². The summed E-state index contributed by atoms with van der Waals surface area (Å²) < 4.78 is 5.40. The summed E-state index contributed by atoms with van der Waals surface area (Å²) in [6, 6.07) is 18.8. The van der Waals surface area contributed by atoms with Crippen LogP contribution in [0.3, 0.4) is 0 Å². The van der Waals surface area contributed by atoms with Gasteiger partial charge >= 0.3 is 6.09 Å². The average Bonchev–Trinajstić information content (AvgIpc) is 3.11. The number of nitrogens with two attached hydrogens (primary N) is 1. The second-order valence-corrected chi connectivity index (χ2v) is 6.24. The molecular formula is C20H22N2O3. The Morgan fingerprint density at radius 2 is 1.72 bits per heavy atom. The van der Waals surface area contributed by atoms with Gasteiger partial charge in [-0.1, -0.05) is 48.5 Å². The quantitative estimate of drug-likeness (QED) is 0.911. The van der Waals surface area contributed by atoms with E-state index in [9.17, 15) is 9.59 Å². The Morgan fingerprint density at radius 1 is 1.08 bits per heavy atom. The van der Waals surface area contributed by atoms with Crippen LogP contribution in [0.25, 0.3) is 0 Å². The van der Waals surface area contributed by atoms with E-state index in [-0.39, 0.29) is 11.9 Å². The first-order valence-electron chi connectivity index (χ1n) is 8.51. The number of ether oxygens (including phenoxy) is 1. The summed E-state index contributed by atoms with van der Waals surface area (Å²) in [4.78, 5) is 26.1. The molecule has 0 radical (unpaired) electrons. The number of amides is 2. The zero-order chi connectivity index (χ0) is 17.6. The van der Waals surface area contributed by atoms with E-state index < -0.39 is 12.2 Å². The Bertz CT molecular complexity index is 718. The molecule has 0 unspecified atom stereocenters. The van der Waals surface area contributed by atoms with Crippen LogP contribution in [-0.4, -0.2) is 35.6 Å². The van der Waals surface area contributed by atoms with Gasteiger partial charge in [-0.05, 0) is 30.5 Å². The highest BCUT2D eigenvalue weighted by atomic mass is 16.6. The monoisotopic (exact) mass is 338 g/mol. The maximum atomic E-state index is 12.9. The summed E-state index contributed by atoms with van der Waals surface area (Å²) in [5.74, 6) is -0.0331. The zero-order valence-electron chi connectivity index (χ0n) is 14.0. The number of likely N-dealkylation sites (tertiary alicyclic amines) is 1. The predicted octanol–water partition coefficient (Wildman–Crippen LogP) is 3.00. The molecule has 2 aromatic rings. The van der Waals surface area contributed by atoms with Crippen molar-refractivity contribution in [2.75, 3.05) is 6.54 Å². The van der Waals surface area contributed by atoms with Crippen molar-refractivity contribution >= 4 is 12.0 Å². The van der Waals surface area contributed by atoms with Gasteiger partial charge < -0.3 is 15.4 Å². The molecule has 1 fully saturated rings. The minimum absolute atomic E-state index is 0.0331. The van der Waals surface area contributed by atoms with Crippen LogP contribution in [0.5, 0.6) is 0 Å². The Labute approximate surface area is 147 Å². The van der Waals surface area contributed by atoms with Gasteiger partial charge in [-0.3, -0.25) is 4.79 Å². The van der Waals surface area contributed by atoms with Crippen molar-refractivity contribution < 1.29 is 14.3 Å². The number of rotatable bonds is 5. The SMILES string of the molecule is NC(=O)O[C@@H](Cc1ccccc1)[C@@H]1CCCN1C(=O)c1ccccc1. The number of carbonyl (C=O) groups is 2. The first kappa shape index (κ1) is 17.0. The van der Waals surface area contributed by atoms with Gasteiger partial charge in [0.15, 0.2) is 0 Å². The topological polar surface area (TPSA) is 72.6 Å². The molecule has 1 aliphatic heterocycles. The van der Waals surface area contributed by atoms with Gasteiger partial charge in [0.05, 0.1) is 6.04 Å². The minimum atomic E-state index is -0.806. The maximum Gasteiger partial charge on any atom is 0.404 e. The Hall–Kier alpha value is -2.82. The molecule has 3 rings (SSSR count). The van der Waals surface area contributed by atoms with E-state index >= 15 is 0 Å². The van der Waals surface area contributed by atoms with Crippen molar-refractivity contribution in [2.45, 2.75) is 31.4 Å². The second-order valence-electron chi connectivity index (χ2n) is 6.24. The lowest BCUT2D eigenvalue weighted by atomic mass is 9.99. The fourth-order valence-electron chi connectivity index (χ4n) is 3.43. The van der Waals surface area contributed by atoms with Gasteiger partial charge in [0.25, 0.3) is 5.91 Å². The minimum Gasteiger partial charge on any atom is -0.444 e. The van der Waals surface area contributed by atoms with Crippen molar-refractivity contribution in [3.63, 3.8) is 0 Å². The first-order valence-corrected chi connectivity index (χ1v) is 8.51. The molecule has 130 valence electrons. The van der Waals surface area contributed by atoms with Gasteiger partial charge in [-0.2, -0.15) is 0 Å². The van der Waals surface area contributed by atoms with Crippen molar-refractivity contribution in [1.29, 1.82) is 0 Å². The lowest BCUT2D eigenvalue weighted by Gasteiger charge is -2.31. The molecule has 1 saturated heterocycles. The van der Waals surface area contributed by atoms with Crippen LogP contribution < -0.4 is 5.73 Å². The summed E-state index contributed by atoms with van der Waals surface area (Å²) in [5, 5.41) is 0. The Kier molecular flexibility index (Phi) is 5.33. The lowest BCUT2D eigenvalue weighted by Crippen LogP contribution is -2.46. The van der Waals surface area contributed by atoms with Crippen molar-refractivity contribution in [3.05, 3.63) is 71.8 Å². The summed E-state index contributed by atoms with van der Waals surface area (Å²) in [6.07, 6.45) is 0.961. The number of benzene rings is 2. The van der Waals surface area contributed by atoms with Gasteiger partial charge in [0.1, 0.15) is 6.10 Å². The molecule has 5 heteroatoms. The van der Waals surface area contributed by atoms with Crippen LogP contribution in [0.15, 0.2) is 60.7 Å². The molecule has 2 atom stereocenters. The molecule has 1 aliphatic rings. The highest BCUT2D eigenvalue weighted by Gasteiger charge is 2.37. The standard InChI is InChI=1S/C20H22N2O3/c21-20(24)25-18(14-15-8-3-1-4-9-15)17-12-7-13-22(17)19(23)16-10-5-2-6-11-16/h1-6,8-11,17-18H,7,12-14H2,(H2,21,24)/t17-,18-/m0/s1. The summed E-state index contributed by atoms with van der Waals surface area (Å²) in [5.41, 5.74) is 6.98. The molecule has 25 heavy (non-hydrogen) atoms. The molecule has 5 nitrogen and oxygen atoms in total. The number of primary amides is 1. The van der Waals surface area contributed by atoms with Crippen LogP contribution in [0.1, 0.15) is 28.8 Å². The average molecular weight is 338 g/mol. The van der Waals surface area contributed by atoms with Crippen molar-refractivity contribution in [2.24, 2.45) is 5.73 Å². The summed E-state index contributed by atoms with van der Waals surface area (Å²) in [6.45, 7) is 0.659. The molecule has 2 N–H and O–H groups in total. The highest BCUT2D eigenvalue weighted by molar-refractivity contribution is 5.94. The van der Waals surface area contributed by atoms with Crippen molar-refractivity contribution in [3.8, 4) is 0 Å². The van der Waals surface area contributed by atoms with Gasteiger partial charge in [0, 0.05) is 18.5 Å². The van der Waals surface area contributed by atoms with E-state index in [1.807, 2.05) is 53.4 Å². The molecule has 0 spiro atoms. The van der Waals surface area contributed by atoms with Gasteiger partial charge in [-0.15, -0.1) is 0 Å². The van der Waals surface area contributed by atoms with Gasteiger partial charge in [-0.25, -0.2) is 4.79 Å². The number of carbonyl (C=O) groups excluding carboxylic acids is 2. The van der Waals surface area contributed by atoms with Crippen LogP contribution in [0.2, 0.25) is 0 Å². The normalized spacial score (nSPS) is 17.9. The largest absolute Gasteiger partial charge is 0.444 e. The van der Waals surface area contributed by atoms with Gasteiger partial charge in [0.2, 0.25) is 0 Å². The highest BCUT2D eigenvalue weighted by Crippen LogP contribution is 2.26. The summed E-state index contributed by atoms with van der Waals surface area (Å²) in [7, 11) is 0. The third-order valence-corrected chi connectivity index (χ3v) is 4.56. The number of hydrogen-bond donors (Lipinski definition) is 1. The third kappa shape index (κ3) is 4.18. The van der Waals surface area contributed by atoms with Crippen LogP contribution in [-0.2, 0) is 11.2 Å². The van der Waals surface area contributed by atoms with E-state index in [4.69, 9.17) is 10.5 Å². The van der Waals surface area contributed by atoms with E-state index in [1.54, 1.807) is 12.1 Å². The first-order chi connectivity index (χ1) is 12.1. The van der Waals surface area contributed by atoms with Crippen LogP contribution >= 0.6 is 0 Å². The van der Waals surface area contributed by atoms with Crippen LogP contribution in [0.4, 0.5) is 4.79 Å². The fourth-order valence-corrected chi connectivity index (χ4v) is 3.43. The number of hydrogen-bond acceptors (Lipinski definition) is 3. The number of nitrogens with zero attached hydrogens (tertiary/aromatic N) is 1. The molecular weight excluding hydrogens is 316 g/mol. The fraction of sp³-hybridized carbons (Fsp3) is 0.300. The molecule has 1 heterocycles. The maximum absolute atomic E-state index is 12.9. The molecule has 0 saturated carbocycles. The molecule has 2 aromatic carbocycles. The Balaban J connectivity index is 1.81. The van der Waals surface area contributed by atoms with E-state index in [2.05, 4.69) is 0 Å². The Morgan fingerprint density at radius 3 is 2.36 bits per heavy atom. The molecule has 2 amide bonds. The molecule has 0 aromatic heterocycles. The van der Waals surface area contributed by atoms with E-state index in [0.29, 0.717) is 18.5 Å². The molecule has 0 bridgehead atoms. The predicted molar refractivity (Wildman–Crippen MR) is 95.1 cm³/mol. The van der Waals surface area contributed by atoms with Crippen molar-refractivity contribution in [1.82, 2.24) is 4.90 Å². The van der Waals surface area contributed by atoms with Crippen LogP contribution in [0, 0.1) is 0 Å². The third-order valence-electron chi connectivity index (χ3n) is 4.56. The molecule has 0 aliphatic carbocycles.